The second-order valence-electron chi connectivity index (χ2n) is 8.10. The summed E-state index contributed by atoms with van der Waals surface area (Å²) in [6.45, 7) is -0.321. The van der Waals surface area contributed by atoms with E-state index in [2.05, 4.69) is 0 Å². The fourth-order valence-corrected chi connectivity index (χ4v) is 4.52. The standard InChI is InChI=1S/C21H17F9O8S2/c22-18(23,19(24,25)20(26,27)21(28,29)30)13-5-3-12(4-6-13)17(31)16(40(35,36)37)2-1-11-38-14-7-9-15(10-8-14)39(32,33)34/h3-10,16H,1-2,11H2,(H,32,33,34)(H,35,36,37). The number of benzene rings is 2. The van der Waals surface area contributed by atoms with E-state index in [1.807, 2.05) is 0 Å². The molecule has 1 atom stereocenters. The van der Waals surface area contributed by atoms with Gasteiger partial charge in [-0.3, -0.25) is 13.9 Å². The van der Waals surface area contributed by atoms with Crippen molar-refractivity contribution in [3.63, 3.8) is 0 Å². The van der Waals surface area contributed by atoms with Gasteiger partial charge in [0.1, 0.15) is 11.0 Å². The van der Waals surface area contributed by atoms with E-state index in [0.717, 1.165) is 24.3 Å². The van der Waals surface area contributed by atoms with Gasteiger partial charge in [-0.25, -0.2) is 0 Å². The fraction of sp³-hybridized carbons (Fsp3) is 0.381. The highest BCUT2D eigenvalue weighted by molar-refractivity contribution is 7.87. The van der Waals surface area contributed by atoms with Gasteiger partial charge in [0.05, 0.1) is 11.5 Å². The number of alkyl halides is 9. The number of rotatable bonds is 12. The highest BCUT2D eigenvalue weighted by atomic mass is 32.2. The van der Waals surface area contributed by atoms with Gasteiger partial charge >= 0.3 is 23.9 Å². The highest BCUT2D eigenvalue weighted by Gasteiger charge is 2.82. The third-order valence-corrected chi connectivity index (χ3v) is 7.37. The number of halogens is 9. The van der Waals surface area contributed by atoms with Crippen LogP contribution in [0.1, 0.15) is 28.8 Å². The Morgan fingerprint density at radius 1 is 0.775 bits per heavy atom. The van der Waals surface area contributed by atoms with Gasteiger partial charge < -0.3 is 4.74 Å². The lowest BCUT2D eigenvalue weighted by Gasteiger charge is -2.33. The van der Waals surface area contributed by atoms with Crippen molar-refractivity contribution in [1.29, 1.82) is 0 Å². The molecule has 0 aliphatic rings. The predicted molar refractivity (Wildman–Crippen MR) is 117 cm³/mol. The summed E-state index contributed by atoms with van der Waals surface area (Å²) in [6.07, 6.45) is -7.97. The van der Waals surface area contributed by atoms with Gasteiger partial charge in [0.2, 0.25) is 0 Å². The molecule has 0 aliphatic carbocycles. The summed E-state index contributed by atoms with van der Waals surface area (Å²) < 4.78 is 187. The van der Waals surface area contributed by atoms with Gasteiger partial charge in [-0.05, 0) is 37.1 Å². The van der Waals surface area contributed by atoms with Crippen molar-refractivity contribution >= 4 is 26.0 Å². The number of hydrogen-bond acceptors (Lipinski definition) is 6. The van der Waals surface area contributed by atoms with Crippen LogP contribution in [0.2, 0.25) is 0 Å². The van der Waals surface area contributed by atoms with Gasteiger partial charge in [0.25, 0.3) is 20.2 Å². The van der Waals surface area contributed by atoms with Gasteiger partial charge in [-0.15, -0.1) is 0 Å². The Labute approximate surface area is 220 Å². The molecule has 0 radical (unpaired) electrons. The van der Waals surface area contributed by atoms with E-state index in [1.54, 1.807) is 0 Å². The van der Waals surface area contributed by atoms with Crippen molar-refractivity contribution in [1.82, 2.24) is 0 Å². The Bertz CT molecular complexity index is 1420. The average Bonchev–Trinajstić information content (AvgIpc) is 2.81. The van der Waals surface area contributed by atoms with Crippen molar-refractivity contribution in [2.24, 2.45) is 0 Å². The molecule has 224 valence electrons. The fourth-order valence-electron chi connectivity index (χ4n) is 3.17. The summed E-state index contributed by atoms with van der Waals surface area (Å²) in [7, 11) is -9.65. The lowest BCUT2D eigenvalue weighted by atomic mass is 9.95. The smallest absolute Gasteiger partial charge is 0.460 e. The summed E-state index contributed by atoms with van der Waals surface area (Å²) in [6, 6.07) is 4.60. The van der Waals surface area contributed by atoms with E-state index in [4.69, 9.17) is 9.29 Å². The molecule has 0 amide bonds. The molecule has 2 aromatic rings. The molecule has 2 rings (SSSR count). The quantitative estimate of drug-likeness (QED) is 0.142. The van der Waals surface area contributed by atoms with Crippen LogP contribution in [-0.4, -0.2) is 61.6 Å². The van der Waals surface area contributed by atoms with Crippen LogP contribution in [-0.2, 0) is 26.2 Å². The molecule has 0 aromatic heterocycles. The zero-order valence-corrected chi connectivity index (χ0v) is 21.0. The second-order valence-corrected chi connectivity index (χ2v) is 11.1. The summed E-state index contributed by atoms with van der Waals surface area (Å²) in [5, 5.41) is -2.25. The summed E-state index contributed by atoms with van der Waals surface area (Å²) in [5.41, 5.74) is -2.84. The van der Waals surface area contributed by atoms with E-state index in [-0.39, 0.29) is 43.0 Å². The first-order valence-electron chi connectivity index (χ1n) is 10.5. The Morgan fingerprint density at radius 2 is 1.27 bits per heavy atom. The molecule has 0 bridgehead atoms. The normalized spacial score (nSPS) is 14.6. The maximum Gasteiger partial charge on any atom is 0.460 e. The maximum atomic E-state index is 14.1. The molecule has 0 saturated carbocycles. The topological polar surface area (TPSA) is 135 Å². The van der Waals surface area contributed by atoms with Crippen LogP contribution < -0.4 is 4.74 Å². The van der Waals surface area contributed by atoms with Crippen LogP contribution in [0.3, 0.4) is 0 Å². The van der Waals surface area contributed by atoms with E-state index >= 15 is 0 Å². The Morgan fingerprint density at radius 3 is 1.70 bits per heavy atom. The first kappa shape index (κ1) is 33.3. The number of carbonyl (C=O) groups excluding carboxylic acids is 1. The lowest BCUT2D eigenvalue weighted by Crippen LogP contribution is -2.59. The van der Waals surface area contributed by atoms with Crippen molar-refractivity contribution in [3.05, 3.63) is 59.7 Å². The third kappa shape index (κ3) is 6.87. The number of carbonyl (C=O) groups is 1. The Kier molecular flexibility index (Phi) is 9.30. The van der Waals surface area contributed by atoms with Crippen LogP contribution in [0, 0.1) is 0 Å². The summed E-state index contributed by atoms with van der Waals surface area (Å²) in [4.78, 5) is 12.1. The molecule has 8 nitrogen and oxygen atoms in total. The van der Waals surface area contributed by atoms with Gasteiger partial charge in [0.15, 0.2) is 5.78 Å². The molecule has 2 aromatic carbocycles. The second kappa shape index (κ2) is 11.2. The molecule has 0 heterocycles. The van der Waals surface area contributed by atoms with Crippen LogP contribution in [0.4, 0.5) is 39.5 Å². The number of ketones is 1. The SMILES string of the molecule is O=C(c1ccc(C(F)(F)C(F)(F)C(F)(F)C(F)(F)F)cc1)C(CCCOc1ccc(S(=O)(=O)O)cc1)S(=O)(=O)O. The van der Waals surface area contributed by atoms with E-state index in [9.17, 15) is 65.7 Å². The first-order valence-corrected chi connectivity index (χ1v) is 13.4. The molecule has 0 fully saturated rings. The molecule has 0 spiro atoms. The molecule has 40 heavy (non-hydrogen) atoms. The lowest BCUT2D eigenvalue weighted by molar-refractivity contribution is -0.399. The van der Waals surface area contributed by atoms with Gasteiger partial charge in [0, 0.05) is 11.1 Å². The van der Waals surface area contributed by atoms with Crippen LogP contribution in [0.15, 0.2) is 53.4 Å². The zero-order chi connectivity index (χ0) is 30.9. The Balaban J connectivity index is 2.17. The van der Waals surface area contributed by atoms with Crippen molar-refractivity contribution in [2.75, 3.05) is 6.61 Å². The summed E-state index contributed by atoms with van der Waals surface area (Å²) >= 11 is 0. The molecule has 0 aliphatic heterocycles. The molecule has 1 unspecified atom stereocenters. The van der Waals surface area contributed by atoms with E-state index in [0.29, 0.717) is 0 Å². The number of ether oxygens (including phenoxy) is 1. The van der Waals surface area contributed by atoms with Crippen molar-refractivity contribution in [3.8, 4) is 5.75 Å². The van der Waals surface area contributed by atoms with Gasteiger partial charge in [-0.1, -0.05) is 24.3 Å². The zero-order valence-electron chi connectivity index (χ0n) is 19.4. The molecule has 2 N–H and O–H groups in total. The van der Waals surface area contributed by atoms with Crippen LogP contribution in [0.5, 0.6) is 5.75 Å². The minimum Gasteiger partial charge on any atom is -0.494 e. The van der Waals surface area contributed by atoms with Gasteiger partial charge in [-0.2, -0.15) is 56.3 Å². The molecular weight excluding hydrogens is 615 g/mol. The summed E-state index contributed by atoms with van der Waals surface area (Å²) in [5.74, 6) is -21.6. The van der Waals surface area contributed by atoms with E-state index in [1.165, 1.54) is 0 Å². The number of hydrogen-bond donors (Lipinski definition) is 2. The Hall–Kier alpha value is -2.90. The molecule has 0 saturated heterocycles. The number of Topliss-reactive ketones (excluding diaryl/α,β-unsaturated/α-hetero) is 1. The third-order valence-electron chi connectivity index (χ3n) is 5.33. The van der Waals surface area contributed by atoms with Crippen molar-refractivity contribution in [2.45, 2.75) is 46.9 Å². The molecule has 19 heteroatoms. The largest absolute Gasteiger partial charge is 0.494 e. The first-order chi connectivity index (χ1) is 17.9. The minimum absolute atomic E-state index is 0.0477. The minimum atomic E-state index is -7.14. The predicted octanol–water partition coefficient (Wildman–Crippen LogP) is 5.16. The van der Waals surface area contributed by atoms with E-state index < -0.39 is 77.7 Å². The monoisotopic (exact) mass is 632 g/mol. The molecular formula is C21H17F9O8S2. The van der Waals surface area contributed by atoms with Crippen molar-refractivity contribution < 1.29 is 75.0 Å². The maximum absolute atomic E-state index is 14.1. The average molecular weight is 632 g/mol. The van der Waals surface area contributed by atoms with Crippen LogP contribution >= 0.6 is 0 Å². The highest BCUT2D eigenvalue weighted by Crippen LogP contribution is 2.56. The van der Waals surface area contributed by atoms with Crippen LogP contribution in [0.25, 0.3) is 0 Å².